The molecule has 0 radical (unpaired) electrons. The molecule has 134 valence electrons. The van der Waals surface area contributed by atoms with Gasteiger partial charge in [-0.05, 0) is 22.9 Å². The summed E-state index contributed by atoms with van der Waals surface area (Å²) in [5.74, 6) is -2.27. The molecule has 2 rings (SSSR count). The summed E-state index contributed by atoms with van der Waals surface area (Å²) in [6, 6.07) is 5.24. The first kappa shape index (κ1) is 18.3. The molecule has 0 unspecified atom stereocenters. The highest BCUT2D eigenvalue weighted by atomic mass is 19.4. The number of carboxylic acid groups (broad SMARTS) is 1. The molecule has 0 fully saturated rings. The van der Waals surface area contributed by atoms with Crippen LogP contribution >= 0.6 is 0 Å². The van der Waals surface area contributed by atoms with E-state index in [0.717, 1.165) is 17.0 Å². The van der Waals surface area contributed by atoms with Crippen LogP contribution in [0.5, 0.6) is 5.88 Å². The third-order valence-corrected chi connectivity index (χ3v) is 3.18. The molecule has 0 aliphatic rings. The number of alkyl halides is 3. The number of carboxylic acids is 1. The molecule has 0 atom stereocenters. The van der Waals surface area contributed by atoms with Crippen LogP contribution in [0.25, 0.3) is 0 Å². The fraction of sp³-hybridized carbons (Fsp3) is 0.267. The van der Waals surface area contributed by atoms with Gasteiger partial charge in [0.25, 0.3) is 11.8 Å². The summed E-state index contributed by atoms with van der Waals surface area (Å²) in [4.78, 5) is 24.2. The van der Waals surface area contributed by atoms with E-state index in [1.807, 2.05) is 0 Å². The van der Waals surface area contributed by atoms with Crippen LogP contribution in [0.15, 0.2) is 34.9 Å². The number of aliphatic carboxylic acids is 1. The molecule has 2 aromatic rings. The smallest absolute Gasteiger partial charge is 0.416 e. The van der Waals surface area contributed by atoms with Crippen molar-refractivity contribution in [1.82, 2.24) is 10.1 Å². The molecule has 0 bridgehead atoms. The molecule has 1 N–H and O–H groups in total. The van der Waals surface area contributed by atoms with Gasteiger partial charge in [0.15, 0.2) is 0 Å². The summed E-state index contributed by atoms with van der Waals surface area (Å²) < 4.78 is 47.2. The molecule has 1 amide bonds. The van der Waals surface area contributed by atoms with Gasteiger partial charge in [0, 0.05) is 6.54 Å². The number of halogens is 3. The minimum Gasteiger partial charge on any atom is -0.480 e. The van der Waals surface area contributed by atoms with Gasteiger partial charge in [0.2, 0.25) is 5.76 Å². The maximum absolute atomic E-state index is 12.6. The van der Waals surface area contributed by atoms with E-state index in [4.69, 9.17) is 14.4 Å². The van der Waals surface area contributed by atoms with E-state index < -0.39 is 30.2 Å². The van der Waals surface area contributed by atoms with Crippen LogP contribution in [0, 0.1) is 0 Å². The molecule has 1 heterocycles. The van der Waals surface area contributed by atoms with E-state index in [9.17, 15) is 22.8 Å². The van der Waals surface area contributed by atoms with E-state index in [2.05, 4.69) is 5.16 Å². The van der Waals surface area contributed by atoms with Crippen LogP contribution < -0.4 is 4.74 Å². The van der Waals surface area contributed by atoms with E-state index in [1.54, 1.807) is 0 Å². The lowest BCUT2D eigenvalue weighted by Gasteiger charge is -2.19. The Labute approximate surface area is 139 Å². The zero-order chi connectivity index (χ0) is 18.6. The Bertz CT molecular complexity index is 755. The Morgan fingerprint density at radius 2 is 1.92 bits per heavy atom. The highest BCUT2D eigenvalue weighted by molar-refractivity contribution is 5.93. The molecule has 1 aromatic carbocycles. The zero-order valence-corrected chi connectivity index (χ0v) is 12.9. The van der Waals surface area contributed by atoms with Crippen molar-refractivity contribution in [2.24, 2.45) is 0 Å². The largest absolute Gasteiger partial charge is 0.480 e. The standard InChI is InChI=1S/C15H13F3N2O5/c1-24-12-6-11(25-19-12)14(23)20(8-13(21)22)7-9-2-4-10(5-3-9)15(16,17)18/h2-6H,7-8H2,1H3,(H,21,22). The second-order valence-corrected chi connectivity index (χ2v) is 4.98. The summed E-state index contributed by atoms with van der Waals surface area (Å²) >= 11 is 0. The predicted octanol–water partition coefficient (Wildman–Crippen LogP) is 2.43. The number of hydrogen-bond acceptors (Lipinski definition) is 5. The number of rotatable bonds is 6. The molecule has 1 aromatic heterocycles. The van der Waals surface area contributed by atoms with Crippen LogP contribution in [0.3, 0.4) is 0 Å². The average Bonchev–Trinajstić information content (AvgIpc) is 3.02. The van der Waals surface area contributed by atoms with Gasteiger partial charge < -0.3 is 19.3 Å². The highest BCUT2D eigenvalue weighted by Gasteiger charge is 2.30. The maximum Gasteiger partial charge on any atom is 0.416 e. The Hall–Kier alpha value is -3.04. The number of methoxy groups -OCH3 is 1. The van der Waals surface area contributed by atoms with Crippen LogP contribution in [0.2, 0.25) is 0 Å². The summed E-state index contributed by atoms with van der Waals surface area (Å²) in [6.45, 7) is -0.880. The third kappa shape index (κ3) is 4.72. The number of nitrogens with zero attached hydrogens (tertiary/aromatic N) is 2. The third-order valence-electron chi connectivity index (χ3n) is 3.18. The summed E-state index contributed by atoms with van der Waals surface area (Å²) in [7, 11) is 1.31. The van der Waals surface area contributed by atoms with Crippen molar-refractivity contribution < 1.29 is 37.1 Å². The number of aromatic nitrogens is 1. The first-order valence-electron chi connectivity index (χ1n) is 6.88. The van der Waals surface area contributed by atoms with E-state index in [-0.39, 0.29) is 18.2 Å². The average molecular weight is 358 g/mol. The van der Waals surface area contributed by atoms with Gasteiger partial charge in [-0.15, -0.1) is 0 Å². The van der Waals surface area contributed by atoms with Crippen molar-refractivity contribution in [3.8, 4) is 5.88 Å². The summed E-state index contributed by atoms with van der Waals surface area (Å²) in [6.07, 6.45) is -4.48. The Kier molecular flexibility index (Phi) is 5.30. The van der Waals surface area contributed by atoms with E-state index >= 15 is 0 Å². The SMILES string of the molecule is COc1cc(C(=O)N(CC(=O)O)Cc2ccc(C(F)(F)F)cc2)on1. The number of carbonyl (C=O) groups excluding carboxylic acids is 1. The van der Waals surface area contributed by atoms with Crippen molar-refractivity contribution in [2.45, 2.75) is 12.7 Å². The predicted molar refractivity (Wildman–Crippen MR) is 76.9 cm³/mol. The van der Waals surface area contributed by atoms with Crippen LogP contribution in [-0.2, 0) is 17.5 Å². The molecule has 25 heavy (non-hydrogen) atoms. The maximum atomic E-state index is 12.6. The van der Waals surface area contributed by atoms with Gasteiger partial charge in [0.1, 0.15) is 6.54 Å². The van der Waals surface area contributed by atoms with E-state index in [1.165, 1.54) is 25.3 Å². The number of hydrogen-bond donors (Lipinski definition) is 1. The van der Waals surface area contributed by atoms with Gasteiger partial charge in [0.05, 0.1) is 18.7 Å². The quantitative estimate of drug-likeness (QED) is 0.853. The van der Waals surface area contributed by atoms with Gasteiger partial charge >= 0.3 is 12.1 Å². The molecule has 0 aliphatic carbocycles. The van der Waals surface area contributed by atoms with Crippen molar-refractivity contribution in [2.75, 3.05) is 13.7 Å². The fourth-order valence-corrected chi connectivity index (χ4v) is 1.99. The molecule has 0 saturated carbocycles. The number of amides is 1. The minimum atomic E-state index is -4.48. The lowest BCUT2D eigenvalue weighted by molar-refractivity contribution is -0.138. The monoisotopic (exact) mass is 358 g/mol. The topological polar surface area (TPSA) is 92.9 Å². The Morgan fingerprint density at radius 3 is 2.40 bits per heavy atom. The summed E-state index contributed by atoms with van der Waals surface area (Å²) in [5, 5.41) is 12.4. The van der Waals surface area contributed by atoms with Crippen molar-refractivity contribution in [3.63, 3.8) is 0 Å². The fourth-order valence-electron chi connectivity index (χ4n) is 1.99. The van der Waals surface area contributed by atoms with Gasteiger partial charge in [-0.3, -0.25) is 9.59 Å². The van der Waals surface area contributed by atoms with Crippen LogP contribution in [0.1, 0.15) is 21.7 Å². The normalized spacial score (nSPS) is 11.2. The molecule has 7 nitrogen and oxygen atoms in total. The minimum absolute atomic E-state index is 0.0353. The molecule has 10 heteroatoms. The molecule has 0 aliphatic heterocycles. The lowest BCUT2D eigenvalue weighted by atomic mass is 10.1. The Balaban J connectivity index is 2.19. The molecule has 0 spiro atoms. The molecular weight excluding hydrogens is 345 g/mol. The molecular formula is C15H13F3N2O5. The Morgan fingerprint density at radius 1 is 1.28 bits per heavy atom. The zero-order valence-electron chi connectivity index (χ0n) is 12.9. The van der Waals surface area contributed by atoms with Gasteiger partial charge in [-0.1, -0.05) is 12.1 Å². The second kappa shape index (κ2) is 7.24. The highest BCUT2D eigenvalue weighted by Crippen LogP contribution is 2.29. The van der Waals surface area contributed by atoms with Crippen molar-refractivity contribution in [1.29, 1.82) is 0 Å². The number of ether oxygens (including phenoxy) is 1. The van der Waals surface area contributed by atoms with Crippen LogP contribution in [0.4, 0.5) is 13.2 Å². The number of benzene rings is 1. The molecule has 0 saturated heterocycles. The number of carbonyl (C=O) groups is 2. The van der Waals surface area contributed by atoms with Gasteiger partial charge in [-0.25, -0.2) is 0 Å². The van der Waals surface area contributed by atoms with Gasteiger partial charge in [-0.2, -0.15) is 13.2 Å². The lowest BCUT2D eigenvalue weighted by Crippen LogP contribution is -2.35. The van der Waals surface area contributed by atoms with E-state index in [0.29, 0.717) is 5.56 Å². The summed E-state index contributed by atoms with van der Waals surface area (Å²) in [5.41, 5.74) is -0.513. The van der Waals surface area contributed by atoms with Crippen LogP contribution in [-0.4, -0.2) is 40.7 Å². The van der Waals surface area contributed by atoms with Crippen molar-refractivity contribution >= 4 is 11.9 Å². The van der Waals surface area contributed by atoms with Crippen molar-refractivity contribution in [3.05, 3.63) is 47.2 Å². The second-order valence-electron chi connectivity index (χ2n) is 4.98. The first-order chi connectivity index (χ1) is 11.7. The first-order valence-corrected chi connectivity index (χ1v) is 6.88.